The molecule has 0 aromatic carbocycles. The fourth-order valence-electron chi connectivity index (χ4n) is 1.98. The van der Waals surface area contributed by atoms with Crippen LogP contribution >= 0.6 is 0 Å². The lowest BCUT2D eigenvalue weighted by Gasteiger charge is -2.02. The van der Waals surface area contributed by atoms with E-state index in [9.17, 15) is 0 Å². The van der Waals surface area contributed by atoms with E-state index in [1.807, 2.05) is 26.1 Å². The van der Waals surface area contributed by atoms with E-state index in [4.69, 9.17) is 10.2 Å². The zero-order valence-electron chi connectivity index (χ0n) is 9.50. The molecule has 0 saturated heterocycles. The number of hydrogen-bond acceptors (Lipinski definition) is 3. The van der Waals surface area contributed by atoms with Crippen molar-refractivity contribution in [3.8, 4) is 11.3 Å². The molecule has 0 spiro atoms. The molecule has 4 heteroatoms. The summed E-state index contributed by atoms with van der Waals surface area (Å²) in [5.41, 5.74) is 7.94. The quantitative estimate of drug-likeness (QED) is 0.810. The summed E-state index contributed by atoms with van der Waals surface area (Å²) in [6.45, 7) is 3.90. The highest BCUT2D eigenvalue weighted by Crippen LogP contribution is 2.41. The molecule has 84 valence electrons. The van der Waals surface area contributed by atoms with E-state index in [1.54, 1.807) is 0 Å². The maximum atomic E-state index is 6.09. The molecule has 0 aliphatic heterocycles. The molecule has 0 bridgehead atoms. The number of nitrogens with zero attached hydrogens (tertiary/aromatic N) is 1. The van der Waals surface area contributed by atoms with Gasteiger partial charge in [-0.15, -0.1) is 0 Å². The van der Waals surface area contributed by atoms with Crippen LogP contribution in [0.15, 0.2) is 16.7 Å². The van der Waals surface area contributed by atoms with Gasteiger partial charge in [0.15, 0.2) is 0 Å². The first kappa shape index (κ1) is 9.66. The molecule has 1 saturated carbocycles. The highest BCUT2D eigenvalue weighted by molar-refractivity contribution is 5.61. The average Bonchev–Trinajstić information content (AvgIpc) is 2.70. The van der Waals surface area contributed by atoms with E-state index in [1.165, 1.54) is 0 Å². The Balaban J connectivity index is 2.01. The van der Waals surface area contributed by atoms with Crippen LogP contribution in [0.5, 0.6) is 0 Å². The number of rotatable bonds is 2. The normalized spacial score (nSPS) is 17.7. The number of aromatic amines is 1. The van der Waals surface area contributed by atoms with Gasteiger partial charge in [0.1, 0.15) is 17.3 Å². The van der Waals surface area contributed by atoms with Gasteiger partial charge in [0.25, 0.3) is 0 Å². The molecule has 16 heavy (non-hydrogen) atoms. The minimum atomic E-state index is -0.203. The third-order valence-corrected chi connectivity index (χ3v) is 3.17. The second kappa shape index (κ2) is 2.98. The summed E-state index contributed by atoms with van der Waals surface area (Å²) in [5.74, 6) is 2.72. The van der Waals surface area contributed by atoms with Crippen molar-refractivity contribution >= 4 is 0 Å². The third-order valence-electron chi connectivity index (χ3n) is 3.17. The molecule has 0 unspecified atom stereocenters. The van der Waals surface area contributed by atoms with Crippen molar-refractivity contribution in [2.75, 3.05) is 0 Å². The van der Waals surface area contributed by atoms with Crippen molar-refractivity contribution < 1.29 is 4.42 Å². The third kappa shape index (κ3) is 1.38. The van der Waals surface area contributed by atoms with Gasteiger partial charge in [-0.1, -0.05) is 0 Å². The molecule has 1 aliphatic rings. The second-order valence-corrected chi connectivity index (χ2v) is 4.63. The zero-order valence-corrected chi connectivity index (χ0v) is 9.50. The predicted octanol–water partition coefficient (Wildman–Crippen LogP) is 2.23. The van der Waals surface area contributed by atoms with Gasteiger partial charge >= 0.3 is 0 Å². The minimum absolute atomic E-state index is 0.203. The van der Waals surface area contributed by atoms with Gasteiger partial charge in [-0.2, -0.15) is 0 Å². The molecule has 3 rings (SSSR count). The van der Waals surface area contributed by atoms with E-state index < -0.39 is 0 Å². The number of imidazole rings is 1. The lowest BCUT2D eigenvalue weighted by molar-refractivity contribution is 0.505. The number of nitrogens with two attached hydrogens (primary N) is 1. The summed E-state index contributed by atoms with van der Waals surface area (Å²) in [5, 5.41) is 0. The predicted molar refractivity (Wildman–Crippen MR) is 60.9 cm³/mol. The van der Waals surface area contributed by atoms with Crippen LogP contribution in [0.4, 0.5) is 0 Å². The van der Waals surface area contributed by atoms with Crippen LogP contribution in [-0.4, -0.2) is 9.97 Å². The fraction of sp³-hybridized carbons (Fsp3) is 0.417. The van der Waals surface area contributed by atoms with Crippen molar-refractivity contribution in [1.82, 2.24) is 9.97 Å². The molecule has 2 aromatic rings. The molecule has 1 fully saturated rings. The summed E-state index contributed by atoms with van der Waals surface area (Å²) in [7, 11) is 0. The lowest BCUT2D eigenvalue weighted by Crippen LogP contribution is -2.20. The SMILES string of the molecule is Cc1cc(-c2cnc(C3(N)CC3)[nH]2)c(C)o1. The van der Waals surface area contributed by atoms with Crippen LogP contribution in [0.25, 0.3) is 11.3 Å². The van der Waals surface area contributed by atoms with Gasteiger partial charge in [-0.05, 0) is 32.8 Å². The Kier molecular flexibility index (Phi) is 1.80. The lowest BCUT2D eigenvalue weighted by atomic mass is 10.2. The van der Waals surface area contributed by atoms with Crippen molar-refractivity contribution in [3.05, 3.63) is 29.6 Å². The van der Waals surface area contributed by atoms with Crippen LogP contribution in [0.3, 0.4) is 0 Å². The molecule has 3 N–H and O–H groups in total. The summed E-state index contributed by atoms with van der Waals surface area (Å²) in [4.78, 5) is 7.64. The number of hydrogen-bond donors (Lipinski definition) is 2. The van der Waals surface area contributed by atoms with Gasteiger partial charge in [0.2, 0.25) is 0 Å². The molecule has 2 heterocycles. The smallest absolute Gasteiger partial charge is 0.126 e. The largest absolute Gasteiger partial charge is 0.466 e. The first-order chi connectivity index (χ1) is 7.58. The molecule has 0 atom stereocenters. The van der Waals surface area contributed by atoms with E-state index in [2.05, 4.69) is 9.97 Å². The van der Waals surface area contributed by atoms with E-state index in [-0.39, 0.29) is 5.54 Å². The van der Waals surface area contributed by atoms with Crippen LogP contribution in [0.2, 0.25) is 0 Å². The van der Waals surface area contributed by atoms with Crippen LogP contribution in [-0.2, 0) is 5.54 Å². The zero-order chi connectivity index (χ0) is 11.3. The first-order valence-corrected chi connectivity index (χ1v) is 5.50. The number of aromatic nitrogens is 2. The summed E-state index contributed by atoms with van der Waals surface area (Å²) in [6, 6.07) is 2.02. The average molecular weight is 217 g/mol. The van der Waals surface area contributed by atoms with Crippen molar-refractivity contribution in [3.63, 3.8) is 0 Å². The first-order valence-electron chi connectivity index (χ1n) is 5.50. The Labute approximate surface area is 93.9 Å². The maximum absolute atomic E-state index is 6.09. The van der Waals surface area contributed by atoms with Crippen LogP contribution in [0, 0.1) is 13.8 Å². The summed E-state index contributed by atoms with van der Waals surface area (Å²) >= 11 is 0. The molecular formula is C12H15N3O. The van der Waals surface area contributed by atoms with E-state index in [0.717, 1.165) is 41.4 Å². The number of furan rings is 1. The molecular weight excluding hydrogens is 202 g/mol. The standard InChI is InChI=1S/C12H15N3O/c1-7-5-9(8(2)16-7)10-6-14-11(15-10)12(13)3-4-12/h5-6H,3-4,13H2,1-2H3,(H,14,15). The van der Waals surface area contributed by atoms with Gasteiger partial charge in [-0.3, -0.25) is 0 Å². The van der Waals surface area contributed by atoms with Gasteiger partial charge < -0.3 is 15.1 Å². The highest BCUT2D eigenvalue weighted by atomic mass is 16.3. The Hall–Kier alpha value is -1.55. The van der Waals surface area contributed by atoms with Crippen LogP contribution < -0.4 is 5.73 Å². The fourth-order valence-corrected chi connectivity index (χ4v) is 1.98. The van der Waals surface area contributed by atoms with Gasteiger partial charge in [-0.25, -0.2) is 4.98 Å². The van der Waals surface area contributed by atoms with Crippen molar-refractivity contribution in [2.24, 2.45) is 5.73 Å². The molecule has 0 amide bonds. The van der Waals surface area contributed by atoms with Gasteiger partial charge in [0.05, 0.1) is 17.4 Å². The Morgan fingerprint density at radius 1 is 1.44 bits per heavy atom. The van der Waals surface area contributed by atoms with Crippen LogP contribution in [0.1, 0.15) is 30.2 Å². The molecule has 0 radical (unpaired) electrons. The maximum Gasteiger partial charge on any atom is 0.126 e. The highest BCUT2D eigenvalue weighted by Gasteiger charge is 2.42. The minimum Gasteiger partial charge on any atom is -0.466 e. The molecule has 2 aromatic heterocycles. The molecule has 4 nitrogen and oxygen atoms in total. The van der Waals surface area contributed by atoms with Crippen molar-refractivity contribution in [1.29, 1.82) is 0 Å². The van der Waals surface area contributed by atoms with E-state index in [0.29, 0.717) is 0 Å². The number of aryl methyl sites for hydroxylation is 2. The summed E-state index contributed by atoms with van der Waals surface area (Å²) < 4.78 is 5.50. The van der Waals surface area contributed by atoms with E-state index >= 15 is 0 Å². The van der Waals surface area contributed by atoms with Crippen molar-refractivity contribution in [2.45, 2.75) is 32.2 Å². The topological polar surface area (TPSA) is 67.8 Å². The monoisotopic (exact) mass is 217 g/mol. The molecule has 1 aliphatic carbocycles. The number of H-pyrrole nitrogens is 1. The Bertz CT molecular complexity index is 534. The number of nitrogens with one attached hydrogen (secondary N) is 1. The summed E-state index contributed by atoms with van der Waals surface area (Å²) in [6.07, 6.45) is 3.87. The Morgan fingerprint density at radius 2 is 2.19 bits per heavy atom. The second-order valence-electron chi connectivity index (χ2n) is 4.63. The van der Waals surface area contributed by atoms with Gasteiger partial charge in [0, 0.05) is 5.56 Å². The Morgan fingerprint density at radius 3 is 2.75 bits per heavy atom.